The highest BCUT2D eigenvalue weighted by Gasteiger charge is 2.50. The molecular formula is C22H17FN2O3. The predicted molar refractivity (Wildman–Crippen MR) is 101 cm³/mol. The molecule has 0 bridgehead atoms. The fourth-order valence-corrected chi connectivity index (χ4v) is 3.47. The first-order chi connectivity index (χ1) is 13.5. The van der Waals surface area contributed by atoms with E-state index in [1.807, 2.05) is 0 Å². The summed E-state index contributed by atoms with van der Waals surface area (Å²) in [5, 5.41) is 11.2. The summed E-state index contributed by atoms with van der Waals surface area (Å²) >= 11 is 0. The van der Waals surface area contributed by atoms with E-state index in [0.717, 1.165) is 0 Å². The number of benzene rings is 2. The van der Waals surface area contributed by atoms with E-state index in [1.54, 1.807) is 54.7 Å². The van der Waals surface area contributed by atoms with Gasteiger partial charge in [0.25, 0.3) is 5.91 Å². The van der Waals surface area contributed by atoms with Crippen LogP contribution in [-0.4, -0.2) is 21.8 Å². The summed E-state index contributed by atoms with van der Waals surface area (Å²) in [5.41, 5.74) is 0.0204. The number of aliphatic hydroxyl groups is 1. The van der Waals surface area contributed by atoms with E-state index < -0.39 is 11.5 Å². The minimum atomic E-state index is -1.95. The van der Waals surface area contributed by atoms with Gasteiger partial charge in [0.15, 0.2) is 11.4 Å². The molecule has 1 N–H and O–H groups in total. The highest BCUT2D eigenvalue weighted by molar-refractivity contribution is 6.10. The maximum Gasteiger partial charge on any atom is 0.264 e. The molecule has 0 aliphatic carbocycles. The van der Waals surface area contributed by atoms with Crippen LogP contribution in [0.25, 0.3) is 0 Å². The second-order valence-electron chi connectivity index (χ2n) is 6.74. The Hall–Kier alpha value is -3.38. The van der Waals surface area contributed by atoms with Crippen LogP contribution < -0.4 is 4.90 Å². The molecule has 0 saturated heterocycles. The molecule has 0 radical (unpaired) electrons. The molecule has 3 aromatic rings. The molecule has 5 nitrogen and oxygen atoms in total. The number of anilines is 1. The molecule has 0 fully saturated rings. The molecule has 0 unspecified atom stereocenters. The number of ketones is 1. The smallest absolute Gasteiger partial charge is 0.264 e. The maximum atomic E-state index is 13.2. The van der Waals surface area contributed by atoms with Gasteiger partial charge in [-0.2, -0.15) is 0 Å². The lowest BCUT2D eigenvalue weighted by atomic mass is 9.88. The minimum Gasteiger partial charge on any atom is -0.375 e. The van der Waals surface area contributed by atoms with Crippen molar-refractivity contribution in [2.75, 3.05) is 4.90 Å². The van der Waals surface area contributed by atoms with Gasteiger partial charge in [0.2, 0.25) is 0 Å². The third-order valence-electron chi connectivity index (χ3n) is 4.89. The quantitative estimate of drug-likeness (QED) is 0.694. The monoisotopic (exact) mass is 376 g/mol. The molecular weight excluding hydrogens is 359 g/mol. The number of fused-ring (bicyclic) bond motifs is 1. The molecule has 0 saturated carbocycles. The highest BCUT2D eigenvalue weighted by atomic mass is 19.1. The van der Waals surface area contributed by atoms with Crippen molar-refractivity contribution >= 4 is 17.4 Å². The zero-order chi connectivity index (χ0) is 19.7. The zero-order valence-corrected chi connectivity index (χ0v) is 14.9. The molecule has 1 amide bonds. The number of halogens is 1. The Morgan fingerprint density at radius 1 is 1.07 bits per heavy atom. The number of rotatable bonds is 5. The Balaban J connectivity index is 1.68. The van der Waals surface area contributed by atoms with E-state index in [9.17, 15) is 19.1 Å². The van der Waals surface area contributed by atoms with Gasteiger partial charge in [0.05, 0.1) is 18.7 Å². The predicted octanol–water partition coefficient (Wildman–Crippen LogP) is 3.23. The van der Waals surface area contributed by atoms with Gasteiger partial charge in [-0.15, -0.1) is 0 Å². The van der Waals surface area contributed by atoms with E-state index in [2.05, 4.69) is 4.98 Å². The molecule has 4 rings (SSSR count). The zero-order valence-electron chi connectivity index (χ0n) is 14.9. The highest BCUT2D eigenvalue weighted by Crippen LogP contribution is 2.43. The Morgan fingerprint density at radius 2 is 1.82 bits per heavy atom. The van der Waals surface area contributed by atoms with Crippen molar-refractivity contribution in [3.8, 4) is 0 Å². The van der Waals surface area contributed by atoms with Crippen molar-refractivity contribution in [3.63, 3.8) is 0 Å². The van der Waals surface area contributed by atoms with Gasteiger partial charge in [-0.1, -0.05) is 30.3 Å². The van der Waals surface area contributed by atoms with Gasteiger partial charge in [-0.05, 0) is 35.9 Å². The van der Waals surface area contributed by atoms with Crippen LogP contribution in [0.3, 0.4) is 0 Å². The first-order valence-electron chi connectivity index (χ1n) is 8.80. The third kappa shape index (κ3) is 3.08. The van der Waals surface area contributed by atoms with Gasteiger partial charge in [-0.3, -0.25) is 14.6 Å². The fourth-order valence-electron chi connectivity index (χ4n) is 3.47. The molecule has 1 atom stereocenters. The second kappa shape index (κ2) is 6.98. The van der Waals surface area contributed by atoms with Gasteiger partial charge in [0.1, 0.15) is 5.82 Å². The van der Waals surface area contributed by atoms with E-state index in [4.69, 9.17) is 0 Å². The summed E-state index contributed by atoms with van der Waals surface area (Å²) in [7, 11) is 0. The number of hydrogen-bond acceptors (Lipinski definition) is 4. The summed E-state index contributed by atoms with van der Waals surface area (Å²) in [5.74, 6) is -1.31. The van der Waals surface area contributed by atoms with Crippen LogP contribution in [0.2, 0.25) is 0 Å². The average molecular weight is 376 g/mol. The van der Waals surface area contributed by atoms with Gasteiger partial charge >= 0.3 is 0 Å². The van der Waals surface area contributed by atoms with Crippen molar-refractivity contribution < 1.29 is 19.1 Å². The van der Waals surface area contributed by atoms with Crippen LogP contribution in [0.5, 0.6) is 0 Å². The van der Waals surface area contributed by atoms with Crippen LogP contribution in [-0.2, 0) is 16.9 Å². The lowest BCUT2D eigenvalue weighted by Crippen LogP contribution is -2.41. The summed E-state index contributed by atoms with van der Waals surface area (Å²) < 4.78 is 13.2. The van der Waals surface area contributed by atoms with E-state index in [-0.39, 0.29) is 24.6 Å². The first-order valence-corrected chi connectivity index (χ1v) is 8.80. The largest absolute Gasteiger partial charge is 0.375 e. The molecule has 2 aromatic carbocycles. The molecule has 1 aliphatic heterocycles. The Bertz CT molecular complexity index is 1040. The lowest BCUT2D eigenvalue weighted by Gasteiger charge is -2.23. The number of Topliss-reactive ketones (excluding diaryl/α,β-unsaturated/α-hetero) is 1. The normalized spacial score (nSPS) is 18.2. The van der Waals surface area contributed by atoms with Crippen molar-refractivity contribution in [1.29, 1.82) is 0 Å². The molecule has 1 aliphatic rings. The number of nitrogens with zero attached hydrogens (tertiary/aromatic N) is 2. The molecule has 140 valence electrons. The first kappa shape index (κ1) is 18.0. The maximum absolute atomic E-state index is 13.2. The third-order valence-corrected chi connectivity index (χ3v) is 4.89. The average Bonchev–Trinajstić information content (AvgIpc) is 2.92. The SMILES string of the molecule is O=C(C[C@@]1(O)C(=O)N(Cc2ccc(F)cc2)c2ccccc21)c1cccnc1. The van der Waals surface area contributed by atoms with Gasteiger partial charge in [0, 0.05) is 23.5 Å². The Labute approximate surface area is 161 Å². The number of hydrogen-bond donors (Lipinski definition) is 1. The van der Waals surface area contributed by atoms with E-state index in [0.29, 0.717) is 22.4 Å². The Kier molecular flexibility index (Phi) is 4.49. The van der Waals surface area contributed by atoms with Crippen LogP contribution in [0, 0.1) is 5.82 Å². The molecule has 0 spiro atoms. The van der Waals surface area contributed by atoms with Gasteiger partial charge < -0.3 is 10.0 Å². The van der Waals surface area contributed by atoms with E-state index >= 15 is 0 Å². The van der Waals surface area contributed by atoms with Crippen molar-refractivity contribution in [3.05, 3.63) is 95.6 Å². The number of carbonyl (C=O) groups is 2. The standard InChI is InChI=1S/C22H17FN2O3/c23-17-9-7-15(8-10-17)14-25-19-6-2-1-5-18(19)22(28,21(25)27)12-20(26)16-4-3-11-24-13-16/h1-11,13,28H,12,14H2/t22-/m0/s1. The number of amides is 1. The molecule has 6 heteroatoms. The molecule has 2 heterocycles. The number of aromatic nitrogens is 1. The number of carbonyl (C=O) groups excluding carboxylic acids is 2. The van der Waals surface area contributed by atoms with Gasteiger partial charge in [-0.25, -0.2) is 4.39 Å². The topological polar surface area (TPSA) is 70.5 Å². The summed E-state index contributed by atoms with van der Waals surface area (Å²) in [4.78, 5) is 31.2. The molecule has 1 aromatic heterocycles. The van der Waals surface area contributed by atoms with Crippen molar-refractivity contribution in [1.82, 2.24) is 4.98 Å². The molecule has 28 heavy (non-hydrogen) atoms. The van der Waals surface area contributed by atoms with Crippen LogP contribution in [0.1, 0.15) is 27.9 Å². The van der Waals surface area contributed by atoms with Crippen molar-refractivity contribution in [2.45, 2.75) is 18.6 Å². The lowest BCUT2D eigenvalue weighted by molar-refractivity contribution is -0.136. The summed E-state index contributed by atoms with van der Waals surface area (Å²) in [6.07, 6.45) is 2.58. The number of pyridine rings is 1. The van der Waals surface area contributed by atoms with Crippen LogP contribution in [0.15, 0.2) is 73.1 Å². The van der Waals surface area contributed by atoms with Crippen LogP contribution in [0.4, 0.5) is 10.1 Å². The minimum absolute atomic E-state index is 0.166. The van der Waals surface area contributed by atoms with Crippen LogP contribution >= 0.6 is 0 Å². The van der Waals surface area contributed by atoms with Crippen molar-refractivity contribution in [2.24, 2.45) is 0 Å². The number of para-hydroxylation sites is 1. The fraction of sp³-hybridized carbons (Fsp3) is 0.136. The van der Waals surface area contributed by atoms with E-state index in [1.165, 1.54) is 23.2 Å². The second-order valence-corrected chi connectivity index (χ2v) is 6.74. The Morgan fingerprint density at radius 3 is 2.54 bits per heavy atom. The summed E-state index contributed by atoms with van der Waals surface area (Å²) in [6, 6.07) is 15.9. The summed E-state index contributed by atoms with van der Waals surface area (Å²) in [6.45, 7) is 0.166.